The van der Waals surface area contributed by atoms with Crippen molar-refractivity contribution in [1.29, 1.82) is 0 Å². The van der Waals surface area contributed by atoms with Gasteiger partial charge in [-0.05, 0) is 293 Å². The van der Waals surface area contributed by atoms with Crippen LogP contribution in [0.1, 0.15) is 226 Å². The summed E-state index contributed by atoms with van der Waals surface area (Å²) in [5.74, 6) is 2.46. The molecule has 3 saturated heterocycles. The third kappa shape index (κ3) is 25.5. The Balaban J connectivity index is 0.000000165. The standard InChI is InChI=1S/C20H32O2.2C18H15S.C16H26O3.C13H18O5.2C9H13F5O5S/c1-5-19(3,4)18(21)22-20(6-2)11-14-10-15(20)17-13-8-7-12(9-13)16(14)17;2*1-4-10-16(11-5-1)19(17-12-6-2-7-13-17)18-14-8-3-9-15-18;1-4-14(2,3)13(17)19-16-8-11-5-12(9-16)7-15(18,6-11)10-16;1-4-13(2,3)12(15)18-9-7-5-6-8(16-7)10(9)17-11(6)14;2*1-4-7(2,3)6(15)19-5(8(10,11)12)9(13,14)20(16,17)18/h12-17H,5-11H2,1-4H3;2*1-15H;11-12,18H,4-10H2,1-3H3;6-10H,4-5H2,1-3H3;2*5H,4H2,1-3H3,(H,16,17,18)/q;2*+1;;;;/p-2. The van der Waals surface area contributed by atoms with Gasteiger partial charge >= 0.3 is 58.7 Å². The third-order valence-electron chi connectivity index (χ3n) is 29.5. The van der Waals surface area contributed by atoms with Crippen LogP contribution >= 0.6 is 0 Å². The van der Waals surface area contributed by atoms with Gasteiger partial charge in [-0.1, -0.05) is 151 Å². The van der Waals surface area contributed by atoms with E-state index in [0.717, 1.165) is 109 Å². The van der Waals surface area contributed by atoms with Gasteiger partial charge in [-0.15, -0.1) is 0 Å². The van der Waals surface area contributed by atoms with Crippen LogP contribution in [0.2, 0.25) is 0 Å². The molecular formula is C103H130F10O20S4. The summed E-state index contributed by atoms with van der Waals surface area (Å²) in [6.07, 6.45) is -5.26. The van der Waals surface area contributed by atoms with E-state index in [1.165, 1.54) is 75.3 Å². The lowest BCUT2D eigenvalue weighted by Crippen LogP contribution is -2.61. The molecule has 0 spiro atoms. The molecule has 0 radical (unpaired) electrons. The second-order valence-electron chi connectivity index (χ2n) is 41.0. The summed E-state index contributed by atoms with van der Waals surface area (Å²) in [6.45, 7) is 27.2. The second-order valence-corrected chi connectivity index (χ2v) is 47.9. The molecule has 16 atom stereocenters. The van der Waals surface area contributed by atoms with Gasteiger partial charge in [0.2, 0.25) is 0 Å². The van der Waals surface area contributed by atoms with Gasteiger partial charge in [0, 0.05) is 12.3 Å². The van der Waals surface area contributed by atoms with Gasteiger partial charge in [0.1, 0.15) is 17.3 Å². The number of ether oxygens (including phenoxy) is 7. The van der Waals surface area contributed by atoms with Crippen molar-refractivity contribution in [3.8, 4) is 0 Å². The van der Waals surface area contributed by atoms with Crippen LogP contribution in [0.5, 0.6) is 0 Å². The molecule has 1 N–H and O–H groups in total. The van der Waals surface area contributed by atoms with Gasteiger partial charge in [-0.2, -0.15) is 43.9 Å². The number of hydrogen-bond donors (Lipinski definition) is 1. The van der Waals surface area contributed by atoms with Crippen molar-refractivity contribution in [2.45, 2.75) is 332 Å². The Kier molecular flexibility index (Phi) is 35.1. The number of esters is 6. The largest absolute Gasteiger partial charge is 0.743 e. The minimum atomic E-state index is -6.66. The van der Waals surface area contributed by atoms with Gasteiger partial charge in [0.05, 0.1) is 66.5 Å². The molecule has 6 aromatic carbocycles. The van der Waals surface area contributed by atoms with Crippen molar-refractivity contribution < 1.29 is 137 Å². The number of carbonyl (C=O) groups excluding carboxylic acids is 6. The van der Waals surface area contributed by atoms with Crippen LogP contribution in [0.3, 0.4) is 0 Å². The topological polar surface area (TPSA) is 302 Å². The molecule has 34 heteroatoms. The Hall–Kier alpha value is -8.12. The Morgan fingerprint density at radius 3 is 1.08 bits per heavy atom. The first-order chi connectivity index (χ1) is 63.7. The molecule has 11 fully saturated rings. The van der Waals surface area contributed by atoms with E-state index in [0.29, 0.717) is 37.0 Å². The van der Waals surface area contributed by atoms with Crippen molar-refractivity contribution in [3.05, 3.63) is 182 Å². The first-order valence-corrected chi connectivity index (χ1v) is 52.2. The van der Waals surface area contributed by atoms with E-state index in [1.807, 2.05) is 55.4 Å². The van der Waals surface area contributed by atoms with E-state index in [-0.39, 0.29) is 93.3 Å². The number of alkyl halides is 10. The minimum Gasteiger partial charge on any atom is -0.743 e. The average molecular weight is 2010 g/mol. The molecule has 8 aliphatic carbocycles. The first-order valence-electron chi connectivity index (χ1n) is 46.9. The van der Waals surface area contributed by atoms with E-state index in [4.69, 9.17) is 23.7 Å². The highest BCUT2D eigenvalue weighted by Crippen LogP contribution is 2.71. The predicted octanol–water partition coefficient (Wildman–Crippen LogP) is 22.5. The lowest BCUT2D eigenvalue weighted by molar-refractivity contribution is -0.262. The fraction of sp³-hybridized carbons (Fsp3) is 0.592. The van der Waals surface area contributed by atoms with Gasteiger partial charge in [0.25, 0.3) is 12.2 Å². The van der Waals surface area contributed by atoms with Crippen molar-refractivity contribution in [2.24, 2.45) is 80.3 Å². The lowest BCUT2D eigenvalue weighted by Gasteiger charge is -2.59. The SMILES string of the molecule is CCC(C)(C)C(=O)OC(C(F)(F)F)C(F)(F)S(=O)(=O)[O-].CCC(C)(C)C(=O)OC(C(F)(F)F)C(F)(F)S(=O)(=O)[O-].CCC(C)(C)C(=O)OC1(CC)CC2CC1C1C3CCC(C3)C21.CCC(C)(C)C(=O)OC12CC3CC(CC(O)(C3)C1)C2.CCC(C)(C)C(=O)OC1C2CC3C(=O)OC1C3O2.c1ccc([S+](c2ccccc2)c2ccccc2)cc1.c1ccc([S+](c2ccccc2)c2ccccc2)cc1. The van der Waals surface area contributed by atoms with Gasteiger partial charge in [-0.3, -0.25) is 28.8 Å². The zero-order chi connectivity index (χ0) is 102. The number of fused-ring (bicyclic) bond motifs is 10. The molecular weight excluding hydrogens is 1880 g/mol. The van der Waals surface area contributed by atoms with Crippen molar-refractivity contribution in [3.63, 3.8) is 0 Å². The third-order valence-corrected chi connectivity index (χ3v) is 35.7. The summed E-state index contributed by atoms with van der Waals surface area (Å²) < 4.78 is 224. The van der Waals surface area contributed by atoms with E-state index in [9.17, 15) is 104 Å². The molecule has 137 heavy (non-hydrogen) atoms. The van der Waals surface area contributed by atoms with Crippen molar-refractivity contribution in [1.82, 2.24) is 0 Å². The summed E-state index contributed by atoms with van der Waals surface area (Å²) >= 11 is 0. The Labute approximate surface area is 804 Å². The van der Waals surface area contributed by atoms with Crippen molar-refractivity contribution >= 4 is 77.8 Å². The number of hydrogen-bond acceptors (Lipinski definition) is 20. The maximum atomic E-state index is 13.0. The van der Waals surface area contributed by atoms with Crippen LogP contribution < -0.4 is 0 Å². The summed E-state index contributed by atoms with van der Waals surface area (Å²) in [5, 5.41) is -0.980. The smallest absolute Gasteiger partial charge is 0.432 e. The predicted molar refractivity (Wildman–Crippen MR) is 493 cm³/mol. The highest BCUT2D eigenvalue weighted by atomic mass is 32.2. The van der Waals surface area contributed by atoms with Gasteiger partial charge in [-0.25, -0.2) is 16.8 Å². The number of rotatable bonds is 26. The highest BCUT2D eigenvalue weighted by Gasteiger charge is 2.70. The maximum absolute atomic E-state index is 13.0. The Morgan fingerprint density at radius 2 is 0.759 bits per heavy atom. The van der Waals surface area contributed by atoms with Crippen LogP contribution in [0.25, 0.3) is 0 Å². The molecule has 10 bridgehead atoms. The zero-order valence-electron chi connectivity index (χ0n) is 80.3. The minimum absolute atomic E-state index is 0.0146. The molecule has 3 heterocycles. The summed E-state index contributed by atoms with van der Waals surface area (Å²) in [5.41, 5.74) is -5.39. The van der Waals surface area contributed by atoms with Gasteiger partial charge in [0.15, 0.2) is 61.8 Å². The Morgan fingerprint density at radius 1 is 0.431 bits per heavy atom. The molecule has 17 rings (SSSR count). The van der Waals surface area contributed by atoms with E-state index in [1.54, 1.807) is 0 Å². The number of aliphatic hydroxyl groups is 1. The maximum Gasteiger partial charge on any atom is 0.432 e. The van der Waals surface area contributed by atoms with Crippen LogP contribution in [-0.4, -0.2) is 143 Å². The highest BCUT2D eigenvalue weighted by molar-refractivity contribution is 7.97. The van der Waals surface area contributed by atoms with Crippen molar-refractivity contribution in [2.75, 3.05) is 0 Å². The van der Waals surface area contributed by atoms with E-state index >= 15 is 0 Å². The molecule has 3 aliphatic heterocycles. The first kappa shape index (κ1) is 111. The zero-order valence-corrected chi connectivity index (χ0v) is 83.6. The summed E-state index contributed by atoms with van der Waals surface area (Å²) in [4.78, 5) is 79.6. The number of carbonyl (C=O) groups is 6. The van der Waals surface area contributed by atoms with Gasteiger partial charge < -0.3 is 47.4 Å². The molecule has 6 aromatic rings. The molecule has 11 aliphatic rings. The Bertz CT molecular complexity index is 4900. The average Bonchev–Trinajstić information content (AvgIpc) is 1.54. The normalized spacial score (nSPS) is 26.9. The van der Waals surface area contributed by atoms with E-state index in [2.05, 4.69) is 205 Å². The second kappa shape index (κ2) is 43.4. The molecule has 0 amide bonds. The van der Waals surface area contributed by atoms with Crippen LogP contribution in [0, 0.1) is 80.3 Å². The lowest BCUT2D eigenvalue weighted by atomic mass is 9.52. The van der Waals surface area contributed by atoms with Crippen LogP contribution in [0.4, 0.5) is 43.9 Å². The summed E-state index contributed by atoms with van der Waals surface area (Å²) in [6, 6.07) is 64.3. The quantitative estimate of drug-likeness (QED) is 0.0132. The molecule has 8 saturated carbocycles. The number of benzene rings is 6. The van der Waals surface area contributed by atoms with Crippen LogP contribution in [0.15, 0.2) is 211 Å². The summed E-state index contributed by atoms with van der Waals surface area (Å²) in [7, 11) is -13.4. The molecule has 16 unspecified atom stereocenters. The fourth-order valence-electron chi connectivity index (χ4n) is 20.2. The van der Waals surface area contributed by atoms with Crippen LogP contribution in [-0.2, 0) is 104 Å². The monoisotopic (exact) mass is 2000 g/mol. The fourth-order valence-corrected chi connectivity index (χ4v) is 25.3. The molecule has 20 nitrogen and oxygen atoms in total. The molecule has 0 aromatic heterocycles. The number of halogens is 10. The molecule has 756 valence electrons. The van der Waals surface area contributed by atoms with E-state index < -0.39 is 107 Å².